The van der Waals surface area contributed by atoms with Gasteiger partial charge in [-0.25, -0.2) is 0 Å². The maximum atomic E-state index is 12.5. The van der Waals surface area contributed by atoms with E-state index in [-0.39, 0.29) is 18.6 Å². The SMILES string of the molecule is CCN1CC(CN(C)C(=O)Cn2nc(C)cc2C)Oc2ccccc21. The first-order valence-corrected chi connectivity index (χ1v) is 8.73. The normalized spacial score (nSPS) is 16.3. The lowest BCUT2D eigenvalue weighted by molar-refractivity contribution is -0.131. The van der Waals surface area contributed by atoms with Gasteiger partial charge < -0.3 is 14.5 Å². The molecule has 6 nitrogen and oxygen atoms in total. The van der Waals surface area contributed by atoms with Gasteiger partial charge in [-0.15, -0.1) is 0 Å². The lowest BCUT2D eigenvalue weighted by atomic mass is 10.2. The number of aryl methyl sites for hydroxylation is 2. The van der Waals surface area contributed by atoms with Crippen LogP contribution in [0.15, 0.2) is 30.3 Å². The summed E-state index contributed by atoms with van der Waals surface area (Å²) in [7, 11) is 1.83. The summed E-state index contributed by atoms with van der Waals surface area (Å²) in [4.78, 5) is 16.6. The Kier molecular flexibility index (Phi) is 4.97. The van der Waals surface area contributed by atoms with Gasteiger partial charge >= 0.3 is 0 Å². The average Bonchev–Trinajstić information content (AvgIpc) is 2.91. The maximum Gasteiger partial charge on any atom is 0.244 e. The molecule has 0 aliphatic carbocycles. The number of rotatable bonds is 5. The number of carbonyl (C=O) groups excluding carboxylic acids is 1. The molecule has 0 N–H and O–H groups in total. The van der Waals surface area contributed by atoms with E-state index in [1.54, 1.807) is 9.58 Å². The Balaban J connectivity index is 1.64. The highest BCUT2D eigenvalue weighted by molar-refractivity contribution is 5.75. The molecule has 0 radical (unpaired) electrons. The van der Waals surface area contributed by atoms with E-state index in [4.69, 9.17) is 4.74 Å². The number of aromatic nitrogens is 2. The lowest BCUT2D eigenvalue weighted by Gasteiger charge is -2.37. The number of anilines is 1. The van der Waals surface area contributed by atoms with Gasteiger partial charge in [0.15, 0.2) is 0 Å². The number of nitrogens with zero attached hydrogens (tertiary/aromatic N) is 4. The second-order valence-corrected chi connectivity index (χ2v) is 6.61. The molecule has 6 heteroatoms. The van der Waals surface area contributed by atoms with Crippen molar-refractivity contribution in [2.75, 3.05) is 31.6 Å². The monoisotopic (exact) mass is 342 g/mol. The molecule has 25 heavy (non-hydrogen) atoms. The summed E-state index contributed by atoms with van der Waals surface area (Å²) >= 11 is 0. The van der Waals surface area contributed by atoms with E-state index in [0.29, 0.717) is 6.54 Å². The van der Waals surface area contributed by atoms with Gasteiger partial charge in [-0.3, -0.25) is 9.48 Å². The predicted octanol–water partition coefficient (Wildman–Crippen LogP) is 2.25. The molecule has 1 aromatic carbocycles. The molecule has 3 rings (SSSR count). The molecule has 134 valence electrons. The smallest absolute Gasteiger partial charge is 0.244 e. The van der Waals surface area contributed by atoms with Gasteiger partial charge in [0.2, 0.25) is 5.91 Å². The number of carbonyl (C=O) groups is 1. The van der Waals surface area contributed by atoms with Crippen LogP contribution in [0.1, 0.15) is 18.3 Å². The minimum Gasteiger partial charge on any atom is -0.485 e. The summed E-state index contributed by atoms with van der Waals surface area (Å²) in [6.45, 7) is 8.56. The van der Waals surface area contributed by atoms with Crippen molar-refractivity contribution in [3.63, 3.8) is 0 Å². The van der Waals surface area contributed by atoms with Crippen molar-refractivity contribution in [1.82, 2.24) is 14.7 Å². The molecule has 2 aromatic rings. The Hall–Kier alpha value is -2.50. The highest BCUT2D eigenvalue weighted by Crippen LogP contribution is 2.32. The fourth-order valence-electron chi connectivity index (χ4n) is 3.26. The van der Waals surface area contributed by atoms with Crippen molar-refractivity contribution in [2.45, 2.75) is 33.4 Å². The van der Waals surface area contributed by atoms with Gasteiger partial charge in [-0.05, 0) is 39.0 Å². The highest BCUT2D eigenvalue weighted by atomic mass is 16.5. The summed E-state index contributed by atoms with van der Waals surface area (Å²) < 4.78 is 7.86. The maximum absolute atomic E-state index is 12.5. The molecule has 1 unspecified atom stereocenters. The molecule has 0 spiro atoms. The number of hydrogen-bond acceptors (Lipinski definition) is 4. The van der Waals surface area contributed by atoms with E-state index >= 15 is 0 Å². The van der Waals surface area contributed by atoms with Gasteiger partial charge in [-0.1, -0.05) is 12.1 Å². The predicted molar refractivity (Wildman–Crippen MR) is 98.1 cm³/mol. The largest absolute Gasteiger partial charge is 0.485 e. The van der Waals surface area contributed by atoms with Gasteiger partial charge in [0.1, 0.15) is 18.4 Å². The number of hydrogen-bond donors (Lipinski definition) is 0. The summed E-state index contributed by atoms with van der Waals surface area (Å²) in [5, 5.41) is 4.36. The van der Waals surface area contributed by atoms with Crippen molar-refractivity contribution < 1.29 is 9.53 Å². The standard InChI is InChI=1S/C19H26N4O2/c1-5-22-12-16(25-18-9-7-6-8-17(18)22)11-21(4)19(24)13-23-15(3)10-14(2)20-23/h6-10,16H,5,11-13H2,1-4H3. The van der Waals surface area contributed by atoms with Crippen LogP contribution in [0.3, 0.4) is 0 Å². The Morgan fingerprint density at radius 2 is 2.12 bits per heavy atom. The van der Waals surface area contributed by atoms with Gasteiger partial charge in [-0.2, -0.15) is 5.10 Å². The first-order chi connectivity index (χ1) is 12.0. The fourth-order valence-corrected chi connectivity index (χ4v) is 3.26. The van der Waals surface area contributed by atoms with Gasteiger partial charge in [0.25, 0.3) is 0 Å². The van der Waals surface area contributed by atoms with Crippen LogP contribution in [0.4, 0.5) is 5.69 Å². The van der Waals surface area contributed by atoms with Crippen molar-refractivity contribution >= 4 is 11.6 Å². The van der Waals surface area contributed by atoms with Crippen LogP contribution in [0.25, 0.3) is 0 Å². The minimum absolute atomic E-state index is 0.0377. The zero-order valence-electron chi connectivity index (χ0n) is 15.4. The summed E-state index contributed by atoms with van der Waals surface area (Å²) in [5.74, 6) is 0.928. The van der Waals surface area contributed by atoms with Crippen LogP contribution in [-0.2, 0) is 11.3 Å². The van der Waals surface area contributed by atoms with Crippen molar-refractivity contribution in [1.29, 1.82) is 0 Å². The van der Waals surface area contributed by atoms with E-state index in [1.165, 1.54) is 0 Å². The molecule has 2 heterocycles. The Morgan fingerprint density at radius 3 is 2.80 bits per heavy atom. The van der Waals surface area contributed by atoms with Gasteiger partial charge in [0.05, 0.1) is 24.5 Å². The van der Waals surface area contributed by atoms with Crippen molar-refractivity contribution in [3.8, 4) is 5.75 Å². The number of para-hydroxylation sites is 2. The van der Waals surface area contributed by atoms with Crippen LogP contribution in [-0.4, -0.2) is 53.4 Å². The Labute approximate surface area is 149 Å². The zero-order valence-corrected chi connectivity index (χ0v) is 15.4. The third-order valence-electron chi connectivity index (χ3n) is 4.60. The topological polar surface area (TPSA) is 50.6 Å². The molecule has 0 bridgehead atoms. The Morgan fingerprint density at radius 1 is 1.36 bits per heavy atom. The average molecular weight is 342 g/mol. The van der Waals surface area contributed by atoms with Gasteiger partial charge in [0, 0.05) is 19.3 Å². The summed E-state index contributed by atoms with van der Waals surface area (Å²) in [6, 6.07) is 10.0. The highest BCUT2D eigenvalue weighted by Gasteiger charge is 2.26. The van der Waals surface area contributed by atoms with Crippen LogP contribution in [0.2, 0.25) is 0 Å². The fraction of sp³-hybridized carbons (Fsp3) is 0.474. The Bertz CT molecular complexity index is 756. The van der Waals surface area contributed by atoms with Crippen LogP contribution >= 0.6 is 0 Å². The van der Waals surface area contributed by atoms with Crippen LogP contribution < -0.4 is 9.64 Å². The third-order valence-corrected chi connectivity index (χ3v) is 4.60. The zero-order chi connectivity index (χ0) is 18.0. The number of fused-ring (bicyclic) bond motifs is 1. The van der Waals surface area contributed by atoms with E-state index in [2.05, 4.69) is 23.0 Å². The molecular weight excluding hydrogens is 316 g/mol. The van der Waals surface area contributed by atoms with Crippen molar-refractivity contribution in [2.24, 2.45) is 0 Å². The molecule has 0 fully saturated rings. The number of amides is 1. The minimum atomic E-state index is -0.0377. The molecule has 1 aromatic heterocycles. The van der Waals surface area contributed by atoms with Crippen LogP contribution in [0, 0.1) is 13.8 Å². The summed E-state index contributed by atoms with van der Waals surface area (Å²) in [5.41, 5.74) is 3.05. The molecule has 1 atom stereocenters. The van der Waals surface area contributed by atoms with E-state index in [1.807, 2.05) is 45.2 Å². The molecule has 0 saturated heterocycles. The van der Waals surface area contributed by atoms with Crippen molar-refractivity contribution in [3.05, 3.63) is 41.7 Å². The molecule has 1 aliphatic heterocycles. The van der Waals surface area contributed by atoms with E-state index in [9.17, 15) is 4.79 Å². The molecule has 1 aliphatic rings. The van der Waals surface area contributed by atoms with Crippen LogP contribution in [0.5, 0.6) is 5.75 Å². The summed E-state index contributed by atoms with van der Waals surface area (Å²) in [6.07, 6.45) is -0.0377. The first-order valence-electron chi connectivity index (χ1n) is 8.73. The second kappa shape index (κ2) is 7.17. The van der Waals surface area contributed by atoms with E-state index < -0.39 is 0 Å². The van der Waals surface area contributed by atoms with E-state index in [0.717, 1.165) is 35.9 Å². The number of likely N-dealkylation sites (N-methyl/N-ethyl adjacent to an activating group) is 2. The molecule has 1 amide bonds. The number of benzene rings is 1. The molecule has 0 saturated carbocycles. The second-order valence-electron chi connectivity index (χ2n) is 6.61. The lowest BCUT2D eigenvalue weighted by Crippen LogP contribution is -2.47. The molecular formula is C19H26N4O2. The first kappa shape index (κ1) is 17.3. The quantitative estimate of drug-likeness (QED) is 0.836. The number of ether oxygens (including phenoxy) is 1. The third kappa shape index (κ3) is 3.78.